The van der Waals surface area contributed by atoms with E-state index in [1.54, 1.807) is 5.38 Å². The van der Waals surface area contributed by atoms with Crippen LogP contribution in [0.3, 0.4) is 0 Å². The van der Waals surface area contributed by atoms with Crippen LogP contribution in [-0.4, -0.2) is 42.0 Å². The summed E-state index contributed by atoms with van der Waals surface area (Å²) in [6.45, 7) is 2.53. The molecule has 0 saturated carbocycles. The molecule has 6 nitrogen and oxygen atoms in total. The number of likely N-dealkylation sites (tertiary alicyclic amines) is 1. The predicted molar refractivity (Wildman–Crippen MR) is 98.5 cm³/mol. The molecule has 0 atom stereocenters. The molecule has 0 bridgehead atoms. The van der Waals surface area contributed by atoms with E-state index in [4.69, 9.17) is 5.73 Å². The van der Waals surface area contributed by atoms with E-state index < -0.39 is 0 Å². The Balaban J connectivity index is 1.68. The van der Waals surface area contributed by atoms with Crippen molar-refractivity contribution in [3.63, 3.8) is 0 Å². The maximum absolute atomic E-state index is 12.4. The number of piperidine rings is 1. The Labute approximate surface area is 146 Å². The fourth-order valence-electron chi connectivity index (χ4n) is 2.79. The lowest BCUT2D eigenvalue weighted by atomic mass is 10.0. The van der Waals surface area contributed by atoms with Gasteiger partial charge in [0.2, 0.25) is 0 Å². The second-order valence-electron chi connectivity index (χ2n) is 6.05. The molecule has 1 aromatic heterocycles. The monoisotopic (exact) mass is 345 g/mol. The van der Waals surface area contributed by atoms with Crippen LogP contribution in [0.25, 0.3) is 0 Å². The third-order valence-electron chi connectivity index (χ3n) is 4.21. The Morgan fingerprint density at radius 3 is 2.71 bits per heavy atom. The van der Waals surface area contributed by atoms with E-state index in [1.807, 2.05) is 24.3 Å². The molecule has 7 heteroatoms. The number of nitrogens with two attached hydrogens (primary N) is 1. The van der Waals surface area contributed by atoms with E-state index >= 15 is 0 Å². The molecule has 2 aromatic rings. The zero-order chi connectivity index (χ0) is 16.9. The van der Waals surface area contributed by atoms with Crippen LogP contribution in [0.4, 0.5) is 11.4 Å². The average Bonchev–Trinajstić information content (AvgIpc) is 3.08. The predicted octanol–water partition coefficient (Wildman–Crippen LogP) is 2.36. The summed E-state index contributed by atoms with van der Waals surface area (Å²) in [5.41, 5.74) is 7.70. The number of rotatable bonds is 5. The number of carbonyl (C=O) groups excluding carboxylic acids is 1. The minimum atomic E-state index is -0.205. The number of benzene rings is 1. The second kappa shape index (κ2) is 7.74. The largest absolute Gasteiger partial charge is 0.381 e. The second-order valence-corrected chi connectivity index (χ2v) is 6.99. The standard InChI is InChI=1S/C17H23N5OS/c1-22-8-6-12(7-9-22)19-13-4-2-3-5-14(13)21-17(23)15-11-24-16(10-18)20-15/h2-5,11-12,19H,6-10,18H2,1H3,(H,21,23). The summed E-state index contributed by atoms with van der Waals surface area (Å²) in [5, 5.41) is 9.02. The Kier molecular flexibility index (Phi) is 5.44. The van der Waals surface area contributed by atoms with Crippen molar-refractivity contribution in [2.45, 2.75) is 25.4 Å². The van der Waals surface area contributed by atoms with Gasteiger partial charge < -0.3 is 21.3 Å². The van der Waals surface area contributed by atoms with Gasteiger partial charge in [0.15, 0.2) is 0 Å². The van der Waals surface area contributed by atoms with E-state index in [0.29, 0.717) is 18.3 Å². The van der Waals surface area contributed by atoms with E-state index in [2.05, 4.69) is 27.6 Å². The number of anilines is 2. The first-order valence-corrected chi connectivity index (χ1v) is 9.03. The van der Waals surface area contributed by atoms with Gasteiger partial charge in [0.25, 0.3) is 5.91 Å². The zero-order valence-electron chi connectivity index (χ0n) is 13.8. The van der Waals surface area contributed by atoms with E-state index in [9.17, 15) is 4.79 Å². The van der Waals surface area contributed by atoms with Crippen molar-refractivity contribution in [1.82, 2.24) is 9.88 Å². The molecule has 1 aliphatic heterocycles. The average molecular weight is 345 g/mol. The van der Waals surface area contributed by atoms with Gasteiger partial charge in [-0.3, -0.25) is 4.79 Å². The molecule has 3 rings (SSSR count). The van der Waals surface area contributed by atoms with Crippen molar-refractivity contribution in [2.75, 3.05) is 30.8 Å². The number of carbonyl (C=O) groups is 1. The molecule has 0 spiro atoms. The number of para-hydroxylation sites is 2. The normalized spacial score (nSPS) is 16.1. The van der Waals surface area contributed by atoms with Crippen LogP contribution in [-0.2, 0) is 6.54 Å². The van der Waals surface area contributed by atoms with Gasteiger partial charge in [0.05, 0.1) is 11.4 Å². The quantitative estimate of drug-likeness (QED) is 0.775. The third-order valence-corrected chi connectivity index (χ3v) is 5.08. The van der Waals surface area contributed by atoms with Gasteiger partial charge in [-0.15, -0.1) is 11.3 Å². The summed E-state index contributed by atoms with van der Waals surface area (Å²) in [4.78, 5) is 19.0. The fourth-order valence-corrected chi connectivity index (χ4v) is 3.44. The van der Waals surface area contributed by atoms with Gasteiger partial charge >= 0.3 is 0 Å². The number of thiazole rings is 1. The van der Waals surface area contributed by atoms with Crippen LogP contribution in [0.1, 0.15) is 28.3 Å². The number of nitrogens with zero attached hydrogens (tertiary/aromatic N) is 2. The number of hydrogen-bond donors (Lipinski definition) is 3. The first kappa shape index (κ1) is 16.9. The van der Waals surface area contributed by atoms with Crippen molar-refractivity contribution >= 4 is 28.6 Å². The molecule has 0 radical (unpaired) electrons. The smallest absolute Gasteiger partial charge is 0.275 e. The number of aromatic nitrogens is 1. The lowest BCUT2D eigenvalue weighted by molar-refractivity contribution is 0.102. The first-order valence-electron chi connectivity index (χ1n) is 8.15. The van der Waals surface area contributed by atoms with Crippen molar-refractivity contribution in [1.29, 1.82) is 0 Å². The molecule has 1 aliphatic rings. The Hall–Kier alpha value is -1.96. The highest BCUT2D eigenvalue weighted by atomic mass is 32.1. The lowest BCUT2D eigenvalue weighted by Gasteiger charge is -2.30. The summed E-state index contributed by atoms with van der Waals surface area (Å²) >= 11 is 1.40. The highest BCUT2D eigenvalue weighted by Crippen LogP contribution is 2.25. The number of hydrogen-bond acceptors (Lipinski definition) is 6. The molecular formula is C17H23N5OS. The molecule has 4 N–H and O–H groups in total. The third kappa shape index (κ3) is 4.11. The lowest BCUT2D eigenvalue weighted by Crippen LogP contribution is -2.36. The van der Waals surface area contributed by atoms with Crippen molar-refractivity contribution in [2.24, 2.45) is 5.73 Å². The van der Waals surface area contributed by atoms with Crippen molar-refractivity contribution in [3.8, 4) is 0 Å². The summed E-state index contributed by atoms with van der Waals surface area (Å²) in [6, 6.07) is 8.23. The fraction of sp³-hybridized carbons (Fsp3) is 0.412. The Morgan fingerprint density at radius 2 is 2.04 bits per heavy atom. The van der Waals surface area contributed by atoms with Gasteiger partial charge in [-0.25, -0.2) is 4.98 Å². The molecule has 2 heterocycles. The minimum absolute atomic E-state index is 0.205. The van der Waals surface area contributed by atoms with Crippen LogP contribution >= 0.6 is 11.3 Å². The van der Waals surface area contributed by atoms with Crippen LogP contribution in [0.5, 0.6) is 0 Å². The molecule has 128 valence electrons. The molecule has 0 unspecified atom stereocenters. The van der Waals surface area contributed by atoms with E-state index in [0.717, 1.165) is 42.3 Å². The summed E-state index contributed by atoms with van der Waals surface area (Å²) in [5.74, 6) is -0.205. The van der Waals surface area contributed by atoms with Gasteiger partial charge in [-0.2, -0.15) is 0 Å². The summed E-state index contributed by atoms with van der Waals surface area (Å²) in [6.07, 6.45) is 2.20. The molecule has 1 aromatic carbocycles. The van der Waals surface area contributed by atoms with Crippen LogP contribution in [0, 0.1) is 0 Å². The maximum Gasteiger partial charge on any atom is 0.275 e. The Bertz CT molecular complexity index is 694. The number of nitrogens with one attached hydrogen (secondary N) is 2. The summed E-state index contributed by atoms with van der Waals surface area (Å²) < 4.78 is 0. The molecule has 1 amide bonds. The maximum atomic E-state index is 12.4. The van der Waals surface area contributed by atoms with Gasteiger partial charge in [0, 0.05) is 18.0 Å². The highest BCUT2D eigenvalue weighted by molar-refractivity contribution is 7.09. The Morgan fingerprint density at radius 1 is 1.33 bits per heavy atom. The van der Waals surface area contributed by atoms with Crippen molar-refractivity contribution < 1.29 is 4.79 Å². The highest BCUT2D eigenvalue weighted by Gasteiger charge is 2.18. The zero-order valence-corrected chi connectivity index (χ0v) is 14.6. The van der Waals surface area contributed by atoms with E-state index in [-0.39, 0.29) is 5.91 Å². The van der Waals surface area contributed by atoms with Crippen LogP contribution in [0.15, 0.2) is 29.6 Å². The van der Waals surface area contributed by atoms with E-state index in [1.165, 1.54) is 11.3 Å². The molecular weight excluding hydrogens is 322 g/mol. The molecule has 1 fully saturated rings. The molecule has 24 heavy (non-hydrogen) atoms. The van der Waals surface area contributed by atoms with Gasteiger partial charge in [0.1, 0.15) is 10.7 Å². The SMILES string of the molecule is CN1CCC(Nc2ccccc2NC(=O)c2csc(CN)n2)CC1. The van der Waals surface area contributed by atoms with Crippen LogP contribution < -0.4 is 16.4 Å². The minimum Gasteiger partial charge on any atom is -0.381 e. The molecule has 0 aliphatic carbocycles. The van der Waals surface area contributed by atoms with Gasteiger partial charge in [-0.05, 0) is 45.1 Å². The molecule has 1 saturated heterocycles. The summed E-state index contributed by atoms with van der Waals surface area (Å²) in [7, 11) is 2.15. The van der Waals surface area contributed by atoms with Gasteiger partial charge in [-0.1, -0.05) is 12.1 Å². The van der Waals surface area contributed by atoms with Crippen LogP contribution in [0.2, 0.25) is 0 Å². The van der Waals surface area contributed by atoms with Crippen molar-refractivity contribution in [3.05, 3.63) is 40.3 Å². The first-order chi connectivity index (χ1) is 11.7. The number of amides is 1. The topological polar surface area (TPSA) is 83.3 Å².